The molecule has 0 saturated heterocycles. The van der Waals surface area contributed by atoms with Crippen molar-refractivity contribution in [1.29, 1.82) is 0 Å². The van der Waals surface area contributed by atoms with Gasteiger partial charge in [-0.25, -0.2) is 4.98 Å². The van der Waals surface area contributed by atoms with E-state index in [9.17, 15) is 5.11 Å². The van der Waals surface area contributed by atoms with Crippen LogP contribution in [0.1, 0.15) is 39.4 Å². The van der Waals surface area contributed by atoms with Gasteiger partial charge >= 0.3 is 0 Å². The molecule has 2 unspecified atom stereocenters. The zero-order chi connectivity index (χ0) is 14.9. The van der Waals surface area contributed by atoms with Crippen LogP contribution in [0.4, 0.5) is 0 Å². The van der Waals surface area contributed by atoms with E-state index in [1.165, 1.54) is 0 Å². The van der Waals surface area contributed by atoms with Crippen LogP contribution < -0.4 is 5.32 Å². The second-order valence-corrected chi connectivity index (χ2v) is 6.14. The van der Waals surface area contributed by atoms with Crippen molar-refractivity contribution in [3.8, 4) is 0 Å². The predicted molar refractivity (Wildman–Crippen MR) is 82.6 cm³/mol. The summed E-state index contributed by atoms with van der Waals surface area (Å²) in [5.74, 6) is 0.354. The molecule has 0 aliphatic carbocycles. The minimum absolute atomic E-state index is 0.0381. The Morgan fingerprint density at radius 3 is 2.50 bits per heavy atom. The summed E-state index contributed by atoms with van der Waals surface area (Å²) in [6.45, 7) is 8.46. The Kier molecular flexibility index (Phi) is 4.45. The Bertz CT molecular complexity index is 574. The molecule has 2 atom stereocenters. The number of aliphatic hydroxyl groups excluding tert-OH is 1. The third-order valence-corrected chi connectivity index (χ3v) is 3.68. The van der Waals surface area contributed by atoms with Gasteiger partial charge in [0.25, 0.3) is 0 Å². The van der Waals surface area contributed by atoms with Crippen molar-refractivity contribution in [3.05, 3.63) is 30.1 Å². The highest BCUT2D eigenvalue weighted by molar-refractivity contribution is 5.76. The molecule has 0 bridgehead atoms. The lowest BCUT2D eigenvalue weighted by molar-refractivity contribution is 0.100. The number of nitrogens with zero attached hydrogens (tertiary/aromatic N) is 2. The Hall–Kier alpha value is -1.39. The first-order valence-corrected chi connectivity index (χ1v) is 7.25. The predicted octanol–water partition coefficient (Wildman–Crippen LogP) is 2.63. The summed E-state index contributed by atoms with van der Waals surface area (Å²) in [7, 11) is 1.97. The molecule has 0 aliphatic heterocycles. The topological polar surface area (TPSA) is 50.1 Å². The van der Waals surface area contributed by atoms with Gasteiger partial charge in [-0.1, -0.05) is 33.8 Å². The highest BCUT2D eigenvalue weighted by Crippen LogP contribution is 2.25. The van der Waals surface area contributed by atoms with Crippen LogP contribution >= 0.6 is 0 Å². The van der Waals surface area contributed by atoms with Crippen molar-refractivity contribution in [3.63, 3.8) is 0 Å². The zero-order valence-corrected chi connectivity index (χ0v) is 13.0. The van der Waals surface area contributed by atoms with Crippen LogP contribution in [0.2, 0.25) is 0 Å². The molecule has 0 radical (unpaired) electrons. The molecule has 110 valence electrons. The van der Waals surface area contributed by atoms with Gasteiger partial charge in [-0.05, 0) is 23.6 Å². The van der Waals surface area contributed by atoms with Gasteiger partial charge < -0.3 is 15.0 Å². The molecule has 1 aromatic heterocycles. The summed E-state index contributed by atoms with van der Waals surface area (Å²) < 4.78 is 1.98. The Morgan fingerprint density at radius 2 is 1.90 bits per heavy atom. The first kappa shape index (κ1) is 15.0. The van der Waals surface area contributed by atoms with Crippen molar-refractivity contribution in [2.24, 2.45) is 13.0 Å². The molecule has 1 aromatic carbocycles. The lowest BCUT2D eigenvalue weighted by Gasteiger charge is -2.29. The second kappa shape index (κ2) is 5.94. The van der Waals surface area contributed by atoms with Gasteiger partial charge in [0.05, 0.1) is 23.5 Å². The van der Waals surface area contributed by atoms with Gasteiger partial charge in [0.2, 0.25) is 0 Å². The molecule has 0 saturated carbocycles. The third kappa shape index (κ3) is 3.02. The van der Waals surface area contributed by atoms with Crippen LogP contribution in [0.25, 0.3) is 11.0 Å². The summed E-state index contributed by atoms with van der Waals surface area (Å²) in [5, 5.41) is 14.1. The number of nitrogens with one attached hydrogen (secondary N) is 1. The van der Waals surface area contributed by atoms with E-state index in [4.69, 9.17) is 0 Å². The van der Waals surface area contributed by atoms with Gasteiger partial charge in [-0.3, -0.25) is 0 Å². The molecule has 0 fully saturated rings. The fourth-order valence-electron chi connectivity index (χ4n) is 2.58. The largest absolute Gasteiger partial charge is 0.387 e. The van der Waals surface area contributed by atoms with E-state index in [-0.39, 0.29) is 6.04 Å². The van der Waals surface area contributed by atoms with Crippen molar-refractivity contribution in [2.45, 2.75) is 45.9 Å². The molecular formula is C16H25N3O. The number of benzene rings is 1. The molecule has 0 amide bonds. The first-order valence-electron chi connectivity index (χ1n) is 7.25. The third-order valence-electron chi connectivity index (χ3n) is 3.68. The average molecular weight is 275 g/mol. The molecule has 2 rings (SSSR count). The number of fused-ring (bicyclic) bond motifs is 1. The summed E-state index contributed by atoms with van der Waals surface area (Å²) in [4.78, 5) is 4.36. The fraction of sp³-hybridized carbons (Fsp3) is 0.562. The maximum absolute atomic E-state index is 10.7. The summed E-state index contributed by atoms with van der Waals surface area (Å²) >= 11 is 0. The fourth-order valence-corrected chi connectivity index (χ4v) is 2.58. The van der Waals surface area contributed by atoms with E-state index in [1.807, 2.05) is 29.8 Å². The van der Waals surface area contributed by atoms with Crippen LogP contribution in [0.5, 0.6) is 0 Å². The van der Waals surface area contributed by atoms with Crippen molar-refractivity contribution in [1.82, 2.24) is 14.9 Å². The van der Waals surface area contributed by atoms with Crippen LogP contribution in [0.15, 0.2) is 24.5 Å². The number of rotatable bonds is 5. The van der Waals surface area contributed by atoms with Crippen molar-refractivity contribution < 1.29 is 5.11 Å². The minimum Gasteiger partial charge on any atom is -0.387 e. The summed E-state index contributed by atoms with van der Waals surface area (Å²) in [6, 6.07) is 6.38. The van der Waals surface area contributed by atoms with Crippen LogP contribution in [0.3, 0.4) is 0 Å². The van der Waals surface area contributed by atoms with Gasteiger partial charge in [0.15, 0.2) is 0 Å². The van der Waals surface area contributed by atoms with Crippen LogP contribution in [-0.4, -0.2) is 26.7 Å². The van der Waals surface area contributed by atoms with Gasteiger partial charge in [0, 0.05) is 19.1 Å². The molecule has 4 heteroatoms. The maximum Gasteiger partial charge on any atom is 0.0955 e. The first-order chi connectivity index (χ1) is 9.40. The molecule has 4 nitrogen and oxygen atoms in total. The van der Waals surface area contributed by atoms with E-state index < -0.39 is 6.10 Å². The van der Waals surface area contributed by atoms with Gasteiger partial charge in [-0.2, -0.15) is 0 Å². The van der Waals surface area contributed by atoms with E-state index >= 15 is 0 Å². The molecular weight excluding hydrogens is 250 g/mol. The highest BCUT2D eigenvalue weighted by atomic mass is 16.3. The van der Waals surface area contributed by atoms with Crippen molar-refractivity contribution >= 4 is 11.0 Å². The average Bonchev–Trinajstić information content (AvgIpc) is 2.76. The molecule has 20 heavy (non-hydrogen) atoms. The maximum atomic E-state index is 10.7. The lowest BCUT2D eigenvalue weighted by atomic mass is 9.92. The van der Waals surface area contributed by atoms with Gasteiger partial charge in [0.1, 0.15) is 0 Å². The van der Waals surface area contributed by atoms with E-state index in [2.05, 4.69) is 38.0 Å². The number of imidazole rings is 1. The Balaban J connectivity index is 2.30. The summed E-state index contributed by atoms with van der Waals surface area (Å²) in [5.41, 5.74) is 2.93. The smallest absolute Gasteiger partial charge is 0.0955 e. The number of hydrogen-bond donors (Lipinski definition) is 2. The minimum atomic E-state index is -0.524. The summed E-state index contributed by atoms with van der Waals surface area (Å²) in [6.07, 6.45) is 1.27. The van der Waals surface area contributed by atoms with E-state index in [1.54, 1.807) is 6.33 Å². The van der Waals surface area contributed by atoms with Crippen molar-refractivity contribution in [2.75, 3.05) is 0 Å². The monoisotopic (exact) mass is 275 g/mol. The highest BCUT2D eigenvalue weighted by Gasteiger charge is 2.24. The van der Waals surface area contributed by atoms with Crippen LogP contribution in [-0.2, 0) is 7.05 Å². The molecule has 0 aliphatic rings. The number of hydrogen-bond acceptors (Lipinski definition) is 3. The molecule has 2 aromatic rings. The van der Waals surface area contributed by atoms with Crippen LogP contribution in [0, 0.1) is 5.92 Å². The standard InChI is InChI=1S/C16H25N3O/c1-10(2)15(18-11(3)4)16(20)12-6-7-14-13(8-12)17-9-19(14)5/h6-11,15-16,18,20H,1-5H3. The second-order valence-electron chi connectivity index (χ2n) is 6.14. The zero-order valence-electron chi connectivity index (χ0n) is 13.0. The number of aryl methyl sites for hydroxylation is 1. The Morgan fingerprint density at radius 1 is 1.20 bits per heavy atom. The quantitative estimate of drug-likeness (QED) is 0.882. The SMILES string of the molecule is CC(C)NC(C(C)C)C(O)c1ccc2c(c1)ncn2C. The molecule has 1 heterocycles. The lowest BCUT2D eigenvalue weighted by Crippen LogP contribution is -2.43. The number of aromatic nitrogens is 2. The van der Waals surface area contributed by atoms with Gasteiger partial charge in [-0.15, -0.1) is 0 Å². The molecule has 2 N–H and O–H groups in total. The van der Waals surface area contributed by atoms with E-state index in [0.717, 1.165) is 16.6 Å². The normalized spacial score (nSPS) is 15.2. The number of aliphatic hydroxyl groups is 1. The van der Waals surface area contributed by atoms with E-state index in [0.29, 0.717) is 12.0 Å². The Labute approximate surface area is 120 Å². The molecule has 0 spiro atoms.